The molecule has 1 N–H and O–H groups in total. The van der Waals surface area contributed by atoms with E-state index in [2.05, 4.69) is 42.2 Å². The topological polar surface area (TPSA) is 72.2 Å². The highest BCUT2D eigenvalue weighted by Crippen LogP contribution is 2.31. The SMILES string of the molecule is Cc1sc(NC(=O)c2cc3cc(Br)cc(Br)c3oc2=O)nc1-c1ccccc1. The Bertz CT molecular complexity index is 1270. The Morgan fingerprint density at radius 2 is 1.89 bits per heavy atom. The molecule has 0 aliphatic heterocycles. The van der Waals surface area contributed by atoms with Gasteiger partial charge < -0.3 is 4.42 Å². The van der Waals surface area contributed by atoms with Crippen LogP contribution < -0.4 is 10.9 Å². The van der Waals surface area contributed by atoms with Crippen LogP contribution in [0.15, 0.2) is 66.7 Å². The second-order valence-electron chi connectivity index (χ2n) is 6.00. The number of aryl methyl sites for hydroxylation is 1. The maximum atomic E-state index is 12.7. The summed E-state index contributed by atoms with van der Waals surface area (Å²) < 4.78 is 6.76. The fraction of sp³-hybridized carbons (Fsp3) is 0.0500. The van der Waals surface area contributed by atoms with Crippen molar-refractivity contribution in [2.45, 2.75) is 6.92 Å². The van der Waals surface area contributed by atoms with Crippen LogP contribution in [0.4, 0.5) is 5.13 Å². The van der Waals surface area contributed by atoms with Gasteiger partial charge in [0.2, 0.25) is 0 Å². The molecule has 2 aromatic carbocycles. The maximum absolute atomic E-state index is 12.7. The molecule has 0 aliphatic rings. The Morgan fingerprint density at radius 1 is 1.14 bits per heavy atom. The first-order valence-corrected chi connectivity index (χ1v) is 10.6. The van der Waals surface area contributed by atoms with Crippen LogP contribution in [0.3, 0.4) is 0 Å². The Hall–Kier alpha value is -2.29. The second kappa shape index (κ2) is 7.62. The van der Waals surface area contributed by atoms with Gasteiger partial charge in [0.05, 0.1) is 10.2 Å². The molecule has 0 saturated heterocycles. The number of benzene rings is 2. The van der Waals surface area contributed by atoms with Gasteiger partial charge in [0, 0.05) is 20.3 Å². The lowest BCUT2D eigenvalue weighted by Crippen LogP contribution is -2.20. The summed E-state index contributed by atoms with van der Waals surface area (Å²) in [5.74, 6) is -0.555. The molecule has 8 heteroatoms. The Labute approximate surface area is 180 Å². The second-order valence-corrected chi connectivity index (χ2v) is 8.97. The summed E-state index contributed by atoms with van der Waals surface area (Å²) >= 11 is 8.11. The van der Waals surface area contributed by atoms with E-state index in [0.717, 1.165) is 20.6 Å². The minimum absolute atomic E-state index is 0.0772. The molecule has 0 aliphatic carbocycles. The molecule has 4 aromatic rings. The van der Waals surface area contributed by atoms with E-state index in [4.69, 9.17) is 4.42 Å². The van der Waals surface area contributed by atoms with Crippen molar-refractivity contribution >= 4 is 65.2 Å². The average molecular weight is 520 g/mol. The summed E-state index contributed by atoms with van der Waals surface area (Å²) in [7, 11) is 0. The molecule has 0 saturated carbocycles. The summed E-state index contributed by atoms with van der Waals surface area (Å²) in [5.41, 5.74) is 1.38. The first-order valence-electron chi connectivity index (χ1n) is 8.19. The largest absolute Gasteiger partial charge is 0.421 e. The van der Waals surface area contributed by atoms with Gasteiger partial charge in [-0.15, -0.1) is 11.3 Å². The van der Waals surface area contributed by atoms with Gasteiger partial charge in [-0.05, 0) is 41.1 Å². The molecular formula is C20H12Br2N2O3S. The fourth-order valence-electron chi connectivity index (χ4n) is 2.79. The number of thiazole rings is 1. The van der Waals surface area contributed by atoms with E-state index < -0.39 is 11.5 Å². The lowest BCUT2D eigenvalue weighted by Gasteiger charge is -2.04. The third kappa shape index (κ3) is 3.67. The van der Waals surface area contributed by atoms with Crippen molar-refractivity contribution in [2.75, 3.05) is 5.32 Å². The first-order chi connectivity index (χ1) is 13.4. The van der Waals surface area contributed by atoms with Crippen molar-refractivity contribution < 1.29 is 9.21 Å². The highest BCUT2D eigenvalue weighted by molar-refractivity contribution is 9.11. The molecule has 5 nitrogen and oxygen atoms in total. The van der Waals surface area contributed by atoms with Crippen LogP contribution in [0.25, 0.3) is 22.2 Å². The van der Waals surface area contributed by atoms with E-state index in [0.29, 0.717) is 20.6 Å². The van der Waals surface area contributed by atoms with Crippen LogP contribution in [0.1, 0.15) is 15.2 Å². The minimum atomic E-state index is -0.704. The summed E-state index contributed by atoms with van der Waals surface area (Å²) in [5, 5.41) is 3.77. The molecule has 0 spiro atoms. The number of anilines is 1. The van der Waals surface area contributed by atoms with E-state index in [1.807, 2.05) is 37.3 Å². The molecular weight excluding hydrogens is 508 g/mol. The van der Waals surface area contributed by atoms with Crippen LogP contribution in [-0.2, 0) is 0 Å². The van der Waals surface area contributed by atoms with Crippen molar-refractivity contribution in [3.05, 3.63) is 78.3 Å². The summed E-state index contributed by atoms with van der Waals surface area (Å²) in [6.45, 7) is 1.94. The Kier molecular flexibility index (Phi) is 5.18. The molecule has 0 unspecified atom stereocenters. The zero-order valence-electron chi connectivity index (χ0n) is 14.5. The number of carbonyl (C=O) groups excluding carboxylic acids is 1. The number of rotatable bonds is 3. The van der Waals surface area contributed by atoms with Gasteiger partial charge >= 0.3 is 5.63 Å². The monoisotopic (exact) mass is 518 g/mol. The molecule has 28 heavy (non-hydrogen) atoms. The predicted molar refractivity (Wildman–Crippen MR) is 118 cm³/mol. The highest BCUT2D eigenvalue weighted by Gasteiger charge is 2.18. The van der Waals surface area contributed by atoms with Gasteiger partial charge in [-0.3, -0.25) is 10.1 Å². The van der Waals surface area contributed by atoms with E-state index in [9.17, 15) is 9.59 Å². The van der Waals surface area contributed by atoms with Crippen LogP contribution >= 0.6 is 43.2 Å². The third-order valence-electron chi connectivity index (χ3n) is 4.06. The molecule has 4 rings (SSSR count). The number of aromatic nitrogens is 1. The quantitative estimate of drug-likeness (QED) is 0.337. The lowest BCUT2D eigenvalue weighted by molar-refractivity contribution is 0.102. The predicted octanol–water partition coefficient (Wildman–Crippen LogP) is 6.00. The van der Waals surface area contributed by atoms with Crippen LogP contribution in [0, 0.1) is 6.92 Å². The molecule has 2 aromatic heterocycles. The number of carbonyl (C=O) groups is 1. The van der Waals surface area contributed by atoms with Gasteiger partial charge in [-0.1, -0.05) is 46.3 Å². The Morgan fingerprint density at radius 3 is 2.64 bits per heavy atom. The van der Waals surface area contributed by atoms with Gasteiger partial charge in [0.15, 0.2) is 10.7 Å². The number of hydrogen-bond donors (Lipinski definition) is 1. The van der Waals surface area contributed by atoms with Gasteiger partial charge in [-0.2, -0.15) is 0 Å². The first kappa shape index (κ1) is 19.0. The molecule has 1 amide bonds. The zero-order valence-corrected chi connectivity index (χ0v) is 18.4. The average Bonchev–Trinajstić information content (AvgIpc) is 3.02. The summed E-state index contributed by atoms with van der Waals surface area (Å²) in [6.07, 6.45) is 0. The van der Waals surface area contributed by atoms with Crippen LogP contribution in [0.2, 0.25) is 0 Å². The van der Waals surface area contributed by atoms with Gasteiger partial charge in [-0.25, -0.2) is 9.78 Å². The van der Waals surface area contributed by atoms with Crippen molar-refractivity contribution in [3.63, 3.8) is 0 Å². The highest BCUT2D eigenvalue weighted by atomic mass is 79.9. The summed E-state index contributed by atoms with van der Waals surface area (Å²) in [6, 6.07) is 14.8. The maximum Gasteiger partial charge on any atom is 0.349 e. The molecule has 0 fully saturated rings. The fourth-order valence-corrected chi connectivity index (χ4v) is 4.96. The molecule has 0 radical (unpaired) electrons. The number of hydrogen-bond acceptors (Lipinski definition) is 5. The van der Waals surface area contributed by atoms with E-state index in [1.165, 1.54) is 17.4 Å². The number of amides is 1. The molecule has 2 heterocycles. The van der Waals surface area contributed by atoms with E-state index in [-0.39, 0.29) is 5.56 Å². The molecule has 0 atom stereocenters. The molecule has 0 bridgehead atoms. The lowest BCUT2D eigenvalue weighted by atomic mass is 10.1. The van der Waals surface area contributed by atoms with Crippen molar-refractivity contribution in [1.29, 1.82) is 0 Å². The van der Waals surface area contributed by atoms with Crippen LogP contribution in [-0.4, -0.2) is 10.9 Å². The van der Waals surface area contributed by atoms with Crippen molar-refractivity contribution in [2.24, 2.45) is 0 Å². The van der Waals surface area contributed by atoms with Crippen LogP contribution in [0.5, 0.6) is 0 Å². The van der Waals surface area contributed by atoms with Crippen molar-refractivity contribution in [3.8, 4) is 11.3 Å². The zero-order chi connectivity index (χ0) is 19.8. The number of nitrogens with zero attached hydrogens (tertiary/aromatic N) is 1. The van der Waals surface area contributed by atoms with E-state index >= 15 is 0 Å². The van der Waals surface area contributed by atoms with Gasteiger partial charge in [0.1, 0.15) is 5.56 Å². The number of halogens is 2. The number of fused-ring (bicyclic) bond motifs is 1. The normalized spacial score (nSPS) is 11.0. The summed E-state index contributed by atoms with van der Waals surface area (Å²) in [4.78, 5) is 30.5. The number of nitrogens with one attached hydrogen (secondary N) is 1. The van der Waals surface area contributed by atoms with E-state index in [1.54, 1.807) is 12.1 Å². The molecule has 140 valence electrons. The smallest absolute Gasteiger partial charge is 0.349 e. The third-order valence-corrected chi connectivity index (χ3v) is 5.99. The van der Waals surface area contributed by atoms with Gasteiger partial charge in [0.25, 0.3) is 5.91 Å². The minimum Gasteiger partial charge on any atom is -0.421 e. The Balaban J connectivity index is 1.68. The van der Waals surface area contributed by atoms with Crippen molar-refractivity contribution in [1.82, 2.24) is 4.98 Å². The standard InChI is InChI=1S/C20H12Br2N2O3S/c1-10-16(11-5-3-2-4-6-11)23-20(28-10)24-18(25)14-8-12-7-13(21)9-15(22)17(12)27-19(14)26/h2-9H,1H3,(H,23,24,25).